The fourth-order valence-corrected chi connectivity index (χ4v) is 2.51. The highest BCUT2D eigenvalue weighted by Gasteiger charge is 2.09. The van der Waals surface area contributed by atoms with Gasteiger partial charge in [-0.05, 0) is 49.8 Å². The lowest BCUT2D eigenvalue weighted by Gasteiger charge is -2.15. The van der Waals surface area contributed by atoms with Crippen LogP contribution in [-0.2, 0) is 6.42 Å². The maximum Gasteiger partial charge on any atom is 0.119 e. The second-order valence-corrected chi connectivity index (χ2v) is 5.55. The number of hydrogen-bond donors (Lipinski definition) is 1. The van der Waals surface area contributed by atoms with Gasteiger partial charge in [0.15, 0.2) is 0 Å². The molecule has 2 nitrogen and oxygen atoms in total. The monoisotopic (exact) mass is 284 g/mol. The van der Waals surface area contributed by atoms with E-state index in [-0.39, 0.29) is 6.61 Å². The second-order valence-electron chi connectivity index (χ2n) is 5.55. The molecule has 0 aromatic heterocycles. The number of aliphatic hydroxyl groups excluding tert-OH is 1. The van der Waals surface area contributed by atoms with Crippen molar-refractivity contribution in [3.05, 3.63) is 65.7 Å². The molecule has 1 N–H and O–H groups in total. The van der Waals surface area contributed by atoms with Crippen molar-refractivity contribution >= 4 is 0 Å². The van der Waals surface area contributed by atoms with E-state index < -0.39 is 0 Å². The van der Waals surface area contributed by atoms with Gasteiger partial charge in [0, 0.05) is 6.61 Å². The van der Waals surface area contributed by atoms with E-state index in [4.69, 9.17) is 4.74 Å². The highest BCUT2D eigenvalue weighted by molar-refractivity contribution is 5.22. The fraction of sp³-hybridized carbons (Fsp3) is 0.368. The number of hydrogen-bond acceptors (Lipinski definition) is 2. The lowest BCUT2D eigenvalue weighted by molar-refractivity contribution is 0.205. The number of para-hydroxylation sites is 1. The number of aliphatic hydroxyl groups is 1. The molecule has 1 atom stereocenters. The summed E-state index contributed by atoms with van der Waals surface area (Å²) in [7, 11) is 0. The smallest absolute Gasteiger partial charge is 0.119 e. The Kier molecular flexibility index (Phi) is 6.29. The summed E-state index contributed by atoms with van der Waals surface area (Å²) < 4.78 is 5.69. The minimum atomic E-state index is 0.235. The van der Waals surface area contributed by atoms with E-state index in [1.54, 1.807) is 0 Å². The molecule has 0 amide bonds. The Morgan fingerprint density at radius 1 is 1.05 bits per heavy atom. The van der Waals surface area contributed by atoms with E-state index in [9.17, 15) is 5.11 Å². The van der Waals surface area contributed by atoms with Crippen LogP contribution < -0.4 is 4.74 Å². The van der Waals surface area contributed by atoms with E-state index in [0.717, 1.165) is 25.0 Å². The van der Waals surface area contributed by atoms with Crippen LogP contribution in [0.15, 0.2) is 54.6 Å². The third kappa shape index (κ3) is 5.60. The third-order valence-corrected chi connectivity index (χ3v) is 3.63. The molecule has 2 rings (SSSR count). The zero-order valence-corrected chi connectivity index (χ0v) is 12.7. The van der Waals surface area contributed by atoms with Gasteiger partial charge < -0.3 is 9.84 Å². The van der Waals surface area contributed by atoms with E-state index in [1.165, 1.54) is 11.1 Å². The van der Waals surface area contributed by atoms with E-state index >= 15 is 0 Å². The van der Waals surface area contributed by atoms with Gasteiger partial charge in [0.2, 0.25) is 0 Å². The molecule has 0 saturated carbocycles. The van der Waals surface area contributed by atoms with Crippen LogP contribution in [0, 0.1) is 12.8 Å². The van der Waals surface area contributed by atoms with Crippen LogP contribution in [0.1, 0.15) is 24.0 Å². The highest BCUT2D eigenvalue weighted by atomic mass is 16.5. The summed E-state index contributed by atoms with van der Waals surface area (Å²) in [5.74, 6) is 1.22. The fourth-order valence-electron chi connectivity index (χ4n) is 2.51. The standard InChI is InChI=1S/C19H24O2/c1-16-7-5-8-17(13-16)14-18(15-20)9-6-12-21-19-10-3-2-4-11-19/h2-5,7-8,10-11,13,18,20H,6,9,12,14-15H2,1H3. The summed E-state index contributed by atoms with van der Waals surface area (Å²) >= 11 is 0. The zero-order valence-electron chi connectivity index (χ0n) is 12.7. The molecule has 112 valence electrons. The number of rotatable bonds is 8. The maximum absolute atomic E-state index is 9.53. The Labute approximate surface area is 127 Å². The summed E-state index contributed by atoms with van der Waals surface area (Å²) in [5.41, 5.74) is 2.58. The molecule has 0 aliphatic carbocycles. The molecule has 0 aliphatic rings. The van der Waals surface area contributed by atoms with Gasteiger partial charge in [-0.2, -0.15) is 0 Å². The first-order chi connectivity index (χ1) is 10.3. The summed E-state index contributed by atoms with van der Waals surface area (Å²) in [6, 6.07) is 18.4. The Morgan fingerprint density at radius 3 is 2.57 bits per heavy atom. The van der Waals surface area contributed by atoms with Gasteiger partial charge in [-0.15, -0.1) is 0 Å². The summed E-state index contributed by atoms with van der Waals surface area (Å²) in [6.07, 6.45) is 2.88. The highest BCUT2D eigenvalue weighted by Crippen LogP contribution is 2.16. The molecule has 2 aromatic rings. The average molecular weight is 284 g/mol. The van der Waals surface area contributed by atoms with Gasteiger partial charge in [-0.1, -0.05) is 48.0 Å². The van der Waals surface area contributed by atoms with Gasteiger partial charge in [0.05, 0.1) is 6.61 Å². The topological polar surface area (TPSA) is 29.5 Å². The van der Waals surface area contributed by atoms with Crippen molar-refractivity contribution in [3.8, 4) is 5.75 Å². The van der Waals surface area contributed by atoms with Crippen molar-refractivity contribution in [2.45, 2.75) is 26.2 Å². The van der Waals surface area contributed by atoms with E-state index in [1.807, 2.05) is 30.3 Å². The number of ether oxygens (including phenoxy) is 1. The van der Waals surface area contributed by atoms with Crippen LogP contribution in [0.4, 0.5) is 0 Å². The minimum Gasteiger partial charge on any atom is -0.494 e. The molecule has 0 bridgehead atoms. The predicted molar refractivity (Wildman–Crippen MR) is 86.6 cm³/mol. The van der Waals surface area contributed by atoms with Crippen LogP contribution in [0.25, 0.3) is 0 Å². The molecule has 21 heavy (non-hydrogen) atoms. The van der Waals surface area contributed by atoms with E-state index in [0.29, 0.717) is 12.5 Å². The summed E-state index contributed by atoms with van der Waals surface area (Å²) in [5, 5.41) is 9.53. The van der Waals surface area contributed by atoms with Gasteiger partial charge in [0.25, 0.3) is 0 Å². The zero-order chi connectivity index (χ0) is 14.9. The van der Waals surface area contributed by atoms with Gasteiger partial charge in [0.1, 0.15) is 5.75 Å². The van der Waals surface area contributed by atoms with Crippen LogP contribution in [0.2, 0.25) is 0 Å². The Morgan fingerprint density at radius 2 is 1.86 bits per heavy atom. The van der Waals surface area contributed by atoms with Crippen molar-refractivity contribution < 1.29 is 9.84 Å². The number of aryl methyl sites for hydroxylation is 1. The Hall–Kier alpha value is -1.80. The van der Waals surface area contributed by atoms with Crippen LogP contribution >= 0.6 is 0 Å². The maximum atomic E-state index is 9.53. The Bertz CT molecular complexity index is 522. The SMILES string of the molecule is Cc1cccc(CC(CO)CCCOc2ccccc2)c1. The second kappa shape index (κ2) is 8.48. The minimum absolute atomic E-state index is 0.235. The molecule has 0 heterocycles. The first-order valence-corrected chi connectivity index (χ1v) is 7.62. The average Bonchev–Trinajstić information content (AvgIpc) is 2.51. The molecule has 0 fully saturated rings. The lowest BCUT2D eigenvalue weighted by atomic mass is 9.95. The Balaban J connectivity index is 1.72. The molecule has 1 unspecified atom stereocenters. The normalized spacial score (nSPS) is 12.1. The molecule has 2 aromatic carbocycles. The van der Waals surface area contributed by atoms with E-state index in [2.05, 4.69) is 31.2 Å². The van der Waals surface area contributed by atoms with Crippen molar-refractivity contribution in [1.29, 1.82) is 0 Å². The van der Waals surface area contributed by atoms with Crippen molar-refractivity contribution in [2.24, 2.45) is 5.92 Å². The van der Waals surface area contributed by atoms with Crippen molar-refractivity contribution in [1.82, 2.24) is 0 Å². The quantitative estimate of drug-likeness (QED) is 0.742. The lowest BCUT2D eigenvalue weighted by Crippen LogP contribution is -2.11. The first-order valence-electron chi connectivity index (χ1n) is 7.62. The van der Waals surface area contributed by atoms with Crippen molar-refractivity contribution in [2.75, 3.05) is 13.2 Å². The van der Waals surface area contributed by atoms with Crippen LogP contribution in [-0.4, -0.2) is 18.3 Å². The van der Waals surface area contributed by atoms with Gasteiger partial charge >= 0.3 is 0 Å². The van der Waals surface area contributed by atoms with Crippen LogP contribution in [0.5, 0.6) is 5.75 Å². The molecule has 0 aliphatic heterocycles. The molecular weight excluding hydrogens is 260 g/mol. The van der Waals surface area contributed by atoms with Gasteiger partial charge in [-0.3, -0.25) is 0 Å². The molecule has 0 radical (unpaired) electrons. The number of benzene rings is 2. The molecule has 0 spiro atoms. The third-order valence-electron chi connectivity index (χ3n) is 3.63. The molecule has 2 heteroatoms. The molecule has 0 saturated heterocycles. The first kappa shape index (κ1) is 15.6. The van der Waals surface area contributed by atoms with Crippen LogP contribution in [0.3, 0.4) is 0 Å². The largest absolute Gasteiger partial charge is 0.494 e. The summed E-state index contributed by atoms with van der Waals surface area (Å²) in [4.78, 5) is 0. The predicted octanol–water partition coefficient (Wildman–Crippen LogP) is 4.01. The van der Waals surface area contributed by atoms with Crippen molar-refractivity contribution in [3.63, 3.8) is 0 Å². The van der Waals surface area contributed by atoms with Gasteiger partial charge in [-0.25, -0.2) is 0 Å². The molecular formula is C19H24O2. The summed E-state index contributed by atoms with van der Waals surface area (Å²) in [6.45, 7) is 3.04.